The summed E-state index contributed by atoms with van der Waals surface area (Å²) >= 11 is 0. The van der Waals surface area contributed by atoms with E-state index in [1.54, 1.807) is 0 Å². The van der Waals surface area contributed by atoms with Gasteiger partial charge in [0, 0.05) is 6.20 Å². The number of benzene rings is 1. The van der Waals surface area contributed by atoms with Crippen molar-refractivity contribution in [3.8, 4) is 0 Å². The predicted octanol–water partition coefficient (Wildman–Crippen LogP) is 4.58. The molecule has 1 aromatic heterocycles. The fourth-order valence-electron chi connectivity index (χ4n) is 2.70. The summed E-state index contributed by atoms with van der Waals surface area (Å²) in [4.78, 5) is 4.65. The third kappa shape index (κ3) is 2.60. The van der Waals surface area contributed by atoms with Gasteiger partial charge in [-0.25, -0.2) is 0 Å². The Hall–Kier alpha value is -1.89. The molecule has 1 aliphatic rings. The van der Waals surface area contributed by atoms with E-state index in [1.807, 2.05) is 6.20 Å². The molecule has 0 saturated carbocycles. The van der Waals surface area contributed by atoms with Crippen molar-refractivity contribution in [1.82, 2.24) is 4.98 Å². The molecule has 0 fully saturated rings. The maximum absolute atomic E-state index is 4.65. The van der Waals surface area contributed by atoms with Gasteiger partial charge >= 0.3 is 0 Å². The van der Waals surface area contributed by atoms with Crippen LogP contribution in [0.15, 0.2) is 36.5 Å². The van der Waals surface area contributed by atoms with Crippen molar-refractivity contribution in [2.75, 3.05) is 0 Å². The first-order valence-corrected chi connectivity index (χ1v) is 6.95. The van der Waals surface area contributed by atoms with Gasteiger partial charge in [0.15, 0.2) is 0 Å². The van der Waals surface area contributed by atoms with Crippen molar-refractivity contribution in [3.63, 3.8) is 0 Å². The second kappa shape index (κ2) is 5.00. The monoisotopic (exact) mass is 249 g/mol. The van der Waals surface area contributed by atoms with Gasteiger partial charge in [-0.05, 0) is 61.4 Å². The van der Waals surface area contributed by atoms with E-state index in [0.717, 1.165) is 12.8 Å². The van der Waals surface area contributed by atoms with Crippen LogP contribution in [0.4, 0.5) is 0 Å². The van der Waals surface area contributed by atoms with Crippen molar-refractivity contribution in [3.05, 3.63) is 64.5 Å². The van der Waals surface area contributed by atoms with Crippen molar-refractivity contribution in [2.45, 2.75) is 33.1 Å². The summed E-state index contributed by atoms with van der Waals surface area (Å²) in [5, 5.41) is 0. The minimum atomic E-state index is 1.14. The average Bonchev–Trinajstić information content (AvgIpc) is 2.41. The number of allylic oxidation sites excluding steroid dienone is 1. The van der Waals surface area contributed by atoms with Crippen molar-refractivity contribution >= 4 is 11.6 Å². The number of rotatable bonds is 1. The van der Waals surface area contributed by atoms with Gasteiger partial charge in [0.1, 0.15) is 0 Å². The first-order valence-electron chi connectivity index (χ1n) is 6.95. The Balaban J connectivity index is 2.01. The molecule has 0 amide bonds. The summed E-state index contributed by atoms with van der Waals surface area (Å²) in [5.41, 5.74) is 7.83. The van der Waals surface area contributed by atoms with Gasteiger partial charge in [-0.15, -0.1) is 0 Å². The predicted molar refractivity (Wildman–Crippen MR) is 81.0 cm³/mol. The van der Waals surface area contributed by atoms with Crippen LogP contribution < -0.4 is 0 Å². The Kier molecular flexibility index (Phi) is 3.20. The second-order valence-corrected chi connectivity index (χ2v) is 5.45. The molecule has 0 aliphatic heterocycles. The molecule has 2 aromatic rings. The fraction of sp³-hybridized carbons (Fsp3) is 0.278. The molecule has 1 heterocycles. The normalized spacial score (nSPS) is 16.4. The van der Waals surface area contributed by atoms with Gasteiger partial charge in [-0.2, -0.15) is 0 Å². The third-order valence-corrected chi connectivity index (χ3v) is 3.72. The number of aryl methyl sites for hydroxylation is 3. The lowest BCUT2D eigenvalue weighted by Crippen LogP contribution is -2.04. The van der Waals surface area contributed by atoms with Crippen LogP contribution in [0.1, 0.15) is 40.8 Å². The first kappa shape index (κ1) is 12.2. The molecule has 1 nitrogen and oxygen atoms in total. The molecule has 0 spiro atoms. The average molecular weight is 249 g/mol. The molecule has 0 saturated heterocycles. The second-order valence-electron chi connectivity index (χ2n) is 5.45. The lowest BCUT2D eigenvalue weighted by Gasteiger charge is -2.18. The topological polar surface area (TPSA) is 12.9 Å². The summed E-state index contributed by atoms with van der Waals surface area (Å²) in [7, 11) is 0. The fourth-order valence-corrected chi connectivity index (χ4v) is 2.70. The molecule has 0 radical (unpaired) electrons. The highest BCUT2D eigenvalue weighted by atomic mass is 14.7. The molecule has 1 aliphatic carbocycles. The van der Waals surface area contributed by atoms with Gasteiger partial charge in [-0.1, -0.05) is 35.9 Å². The zero-order chi connectivity index (χ0) is 13.2. The summed E-state index contributed by atoms with van der Waals surface area (Å²) in [6.45, 7) is 4.24. The maximum Gasteiger partial charge on any atom is 0.0693 e. The lowest BCUT2D eigenvalue weighted by atomic mass is 9.89. The van der Waals surface area contributed by atoms with Crippen LogP contribution in [0.3, 0.4) is 0 Å². The quantitative estimate of drug-likeness (QED) is 0.721. The van der Waals surface area contributed by atoms with Gasteiger partial charge in [0.05, 0.1) is 5.69 Å². The third-order valence-electron chi connectivity index (χ3n) is 3.72. The van der Waals surface area contributed by atoms with E-state index in [4.69, 9.17) is 0 Å². The molecule has 3 rings (SSSR count). The SMILES string of the molecule is Cc1ccc(/C=C2\CCCc3cc(C)cnc32)cc1. The zero-order valence-corrected chi connectivity index (χ0v) is 11.6. The number of hydrogen-bond acceptors (Lipinski definition) is 1. The highest BCUT2D eigenvalue weighted by Gasteiger charge is 2.15. The molecule has 0 atom stereocenters. The number of nitrogens with zero attached hydrogens (tertiary/aromatic N) is 1. The molecule has 0 N–H and O–H groups in total. The van der Waals surface area contributed by atoms with Crippen LogP contribution in [0.5, 0.6) is 0 Å². The molecular formula is C18H19N. The van der Waals surface area contributed by atoms with Crippen LogP contribution in [-0.2, 0) is 6.42 Å². The molecule has 0 unspecified atom stereocenters. The van der Waals surface area contributed by atoms with Gasteiger partial charge in [0.25, 0.3) is 0 Å². The largest absolute Gasteiger partial charge is 0.256 e. The first-order chi connectivity index (χ1) is 9.22. The minimum Gasteiger partial charge on any atom is -0.256 e. The Labute approximate surface area is 115 Å². The van der Waals surface area contributed by atoms with Crippen LogP contribution in [-0.4, -0.2) is 4.98 Å². The number of pyridine rings is 1. The van der Waals surface area contributed by atoms with Crippen LogP contribution in [0.2, 0.25) is 0 Å². The van der Waals surface area contributed by atoms with E-state index < -0.39 is 0 Å². The van der Waals surface area contributed by atoms with E-state index >= 15 is 0 Å². The van der Waals surface area contributed by atoms with E-state index in [2.05, 4.69) is 55.2 Å². The molecular weight excluding hydrogens is 230 g/mol. The smallest absolute Gasteiger partial charge is 0.0693 e. The van der Waals surface area contributed by atoms with Gasteiger partial charge in [0.2, 0.25) is 0 Å². The van der Waals surface area contributed by atoms with Crippen LogP contribution in [0.25, 0.3) is 11.6 Å². The van der Waals surface area contributed by atoms with Crippen molar-refractivity contribution in [1.29, 1.82) is 0 Å². The molecule has 1 heteroatoms. The van der Waals surface area contributed by atoms with Crippen molar-refractivity contribution < 1.29 is 0 Å². The summed E-state index contributed by atoms with van der Waals surface area (Å²) in [6, 6.07) is 11.0. The molecule has 1 aromatic carbocycles. The van der Waals surface area contributed by atoms with Crippen LogP contribution >= 0.6 is 0 Å². The minimum absolute atomic E-state index is 1.14. The Morgan fingerprint density at radius 3 is 2.58 bits per heavy atom. The van der Waals surface area contributed by atoms with E-state index in [0.29, 0.717) is 0 Å². The number of hydrogen-bond donors (Lipinski definition) is 0. The highest BCUT2D eigenvalue weighted by Crippen LogP contribution is 2.31. The Bertz CT molecular complexity index is 621. The van der Waals surface area contributed by atoms with Gasteiger partial charge in [-0.3, -0.25) is 4.98 Å². The number of fused-ring (bicyclic) bond motifs is 1. The zero-order valence-electron chi connectivity index (χ0n) is 11.6. The molecule has 19 heavy (non-hydrogen) atoms. The number of aromatic nitrogens is 1. The van der Waals surface area contributed by atoms with Crippen molar-refractivity contribution in [2.24, 2.45) is 0 Å². The van der Waals surface area contributed by atoms with Gasteiger partial charge < -0.3 is 0 Å². The summed E-state index contributed by atoms with van der Waals surface area (Å²) < 4.78 is 0. The highest BCUT2D eigenvalue weighted by molar-refractivity contribution is 5.82. The molecule has 96 valence electrons. The Morgan fingerprint density at radius 2 is 1.79 bits per heavy atom. The molecule has 0 bridgehead atoms. The summed E-state index contributed by atoms with van der Waals surface area (Å²) in [5.74, 6) is 0. The van der Waals surface area contributed by atoms with E-state index in [-0.39, 0.29) is 0 Å². The van der Waals surface area contributed by atoms with E-state index in [9.17, 15) is 0 Å². The maximum atomic E-state index is 4.65. The standard InChI is InChI=1S/C18H19N/c1-13-6-8-15(9-7-13)11-17-5-3-4-16-10-14(2)12-19-18(16)17/h6-12H,3-5H2,1-2H3/b17-11+. The lowest BCUT2D eigenvalue weighted by molar-refractivity contribution is 0.809. The Morgan fingerprint density at radius 1 is 1.00 bits per heavy atom. The van der Waals surface area contributed by atoms with E-state index in [1.165, 1.54) is 39.9 Å². The summed E-state index contributed by atoms with van der Waals surface area (Å²) in [6.07, 6.45) is 7.80. The van der Waals surface area contributed by atoms with Crippen LogP contribution in [0, 0.1) is 13.8 Å².